The Hall–Kier alpha value is -2.67. The van der Waals surface area contributed by atoms with Gasteiger partial charge in [0, 0.05) is 18.0 Å². The van der Waals surface area contributed by atoms with Crippen LogP contribution in [0.25, 0.3) is 0 Å². The van der Waals surface area contributed by atoms with Crippen LogP contribution in [0.15, 0.2) is 54.9 Å². The normalized spacial score (nSPS) is 9.50. The number of nitrogens with zero attached hydrogens (tertiary/aromatic N) is 3. The zero-order valence-electron chi connectivity index (χ0n) is 9.65. The van der Waals surface area contributed by atoms with Crippen molar-refractivity contribution in [1.29, 1.82) is 5.26 Å². The first-order chi connectivity index (χ1) is 8.81. The molecule has 0 unspecified atom stereocenters. The van der Waals surface area contributed by atoms with Crippen molar-refractivity contribution >= 4 is 5.91 Å². The first-order valence-electron chi connectivity index (χ1n) is 5.47. The molecule has 1 aromatic heterocycles. The number of hydrogen-bond donors (Lipinski definition) is 0. The van der Waals surface area contributed by atoms with Gasteiger partial charge in [0.15, 0.2) is 6.19 Å². The summed E-state index contributed by atoms with van der Waals surface area (Å²) in [6.45, 7) is 0.234. The average molecular weight is 237 g/mol. The quantitative estimate of drug-likeness (QED) is 0.607. The van der Waals surface area contributed by atoms with E-state index in [0.717, 1.165) is 10.5 Å². The van der Waals surface area contributed by atoms with E-state index in [1.807, 2.05) is 18.3 Å². The van der Waals surface area contributed by atoms with Gasteiger partial charge in [-0.3, -0.25) is 9.78 Å². The molecule has 0 saturated heterocycles. The third-order valence-corrected chi connectivity index (χ3v) is 2.45. The maximum Gasteiger partial charge on any atom is 0.267 e. The van der Waals surface area contributed by atoms with Gasteiger partial charge in [-0.15, -0.1) is 0 Å². The molecular formula is C14H11N3O. The molecule has 0 atom stereocenters. The molecule has 0 saturated carbocycles. The topological polar surface area (TPSA) is 57.0 Å². The lowest BCUT2D eigenvalue weighted by atomic mass is 10.2. The molecule has 1 amide bonds. The van der Waals surface area contributed by atoms with E-state index in [1.165, 1.54) is 0 Å². The second-order valence-corrected chi connectivity index (χ2v) is 3.72. The number of benzene rings is 1. The molecule has 1 heterocycles. The standard InChI is InChI=1S/C14H11N3O/c15-11-17(10-12-5-4-8-16-9-12)14(18)13-6-2-1-3-7-13/h1-9H,10H2. The molecule has 1 aromatic carbocycles. The number of aromatic nitrogens is 1. The van der Waals surface area contributed by atoms with Crippen LogP contribution in [0.3, 0.4) is 0 Å². The molecule has 2 rings (SSSR count). The van der Waals surface area contributed by atoms with E-state index >= 15 is 0 Å². The minimum absolute atomic E-state index is 0.234. The minimum Gasteiger partial charge on any atom is -0.268 e. The van der Waals surface area contributed by atoms with Crippen LogP contribution in [-0.2, 0) is 6.54 Å². The van der Waals surface area contributed by atoms with E-state index < -0.39 is 0 Å². The molecule has 88 valence electrons. The fourth-order valence-electron chi connectivity index (χ4n) is 1.56. The van der Waals surface area contributed by atoms with Gasteiger partial charge in [0.05, 0.1) is 6.54 Å². The number of pyridine rings is 1. The number of amides is 1. The Kier molecular flexibility index (Phi) is 3.67. The highest BCUT2D eigenvalue weighted by molar-refractivity contribution is 5.95. The summed E-state index contributed by atoms with van der Waals surface area (Å²) in [5.74, 6) is -0.304. The van der Waals surface area contributed by atoms with Gasteiger partial charge in [0.25, 0.3) is 5.91 Å². The highest BCUT2D eigenvalue weighted by atomic mass is 16.2. The summed E-state index contributed by atoms with van der Waals surface area (Å²) in [6.07, 6.45) is 5.20. The third-order valence-electron chi connectivity index (χ3n) is 2.45. The van der Waals surface area contributed by atoms with E-state index in [0.29, 0.717) is 5.56 Å². The Morgan fingerprint density at radius 1 is 1.22 bits per heavy atom. The Balaban J connectivity index is 2.16. The van der Waals surface area contributed by atoms with E-state index in [9.17, 15) is 4.79 Å². The smallest absolute Gasteiger partial charge is 0.267 e. The van der Waals surface area contributed by atoms with E-state index in [4.69, 9.17) is 5.26 Å². The summed E-state index contributed by atoms with van der Waals surface area (Å²) >= 11 is 0. The molecule has 2 aromatic rings. The molecule has 0 aliphatic rings. The fourth-order valence-corrected chi connectivity index (χ4v) is 1.56. The Bertz CT molecular complexity index is 561. The number of hydrogen-bond acceptors (Lipinski definition) is 3. The lowest BCUT2D eigenvalue weighted by molar-refractivity contribution is 0.0824. The summed E-state index contributed by atoms with van der Waals surface area (Å²) in [7, 11) is 0. The molecule has 0 bridgehead atoms. The number of nitriles is 1. The summed E-state index contributed by atoms with van der Waals surface area (Å²) in [4.78, 5) is 17.1. The monoisotopic (exact) mass is 237 g/mol. The molecule has 0 aliphatic heterocycles. The lowest BCUT2D eigenvalue weighted by Crippen LogP contribution is -2.25. The maximum absolute atomic E-state index is 12.1. The van der Waals surface area contributed by atoms with Crippen molar-refractivity contribution in [2.45, 2.75) is 6.54 Å². The number of carbonyl (C=O) groups excluding carboxylic acids is 1. The number of rotatable bonds is 3. The molecule has 4 nitrogen and oxygen atoms in total. The zero-order chi connectivity index (χ0) is 12.8. The van der Waals surface area contributed by atoms with Gasteiger partial charge in [0.1, 0.15) is 0 Å². The Morgan fingerprint density at radius 3 is 2.61 bits per heavy atom. The zero-order valence-corrected chi connectivity index (χ0v) is 9.65. The SMILES string of the molecule is N#CN(Cc1cccnc1)C(=O)c1ccccc1. The maximum atomic E-state index is 12.1. The number of carbonyl (C=O) groups is 1. The highest BCUT2D eigenvalue weighted by Gasteiger charge is 2.15. The molecule has 0 aliphatic carbocycles. The van der Waals surface area contributed by atoms with Crippen molar-refractivity contribution in [2.24, 2.45) is 0 Å². The summed E-state index contributed by atoms with van der Waals surface area (Å²) in [5, 5.41) is 9.05. The van der Waals surface area contributed by atoms with Crippen molar-refractivity contribution in [3.8, 4) is 6.19 Å². The average Bonchev–Trinajstić information content (AvgIpc) is 2.46. The Morgan fingerprint density at radius 2 is 2.00 bits per heavy atom. The molecule has 0 fully saturated rings. The van der Waals surface area contributed by atoms with Gasteiger partial charge in [-0.25, -0.2) is 4.90 Å². The summed E-state index contributed by atoms with van der Waals surface area (Å²) in [6, 6.07) is 12.4. The first-order valence-corrected chi connectivity index (χ1v) is 5.47. The van der Waals surface area contributed by atoms with Gasteiger partial charge < -0.3 is 0 Å². The van der Waals surface area contributed by atoms with Crippen LogP contribution < -0.4 is 0 Å². The van der Waals surface area contributed by atoms with Gasteiger partial charge in [-0.2, -0.15) is 5.26 Å². The van der Waals surface area contributed by atoms with Crippen molar-refractivity contribution in [3.05, 3.63) is 66.0 Å². The van der Waals surface area contributed by atoms with Crippen molar-refractivity contribution in [1.82, 2.24) is 9.88 Å². The molecule has 0 N–H and O–H groups in total. The van der Waals surface area contributed by atoms with Gasteiger partial charge in [0.2, 0.25) is 0 Å². The largest absolute Gasteiger partial charge is 0.268 e. The molecular weight excluding hydrogens is 226 g/mol. The second-order valence-electron chi connectivity index (χ2n) is 3.72. The predicted octanol–water partition coefficient (Wildman–Crippen LogP) is 2.21. The third kappa shape index (κ3) is 2.71. The van der Waals surface area contributed by atoms with Crippen LogP contribution in [0.2, 0.25) is 0 Å². The van der Waals surface area contributed by atoms with E-state index in [-0.39, 0.29) is 12.5 Å². The molecule has 18 heavy (non-hydrogen) atoms. The van der Waals surface area contributed by atoms with Crippen LogP contribution in [0.5, 0.6) is 0 Å². The van der Waals surface area contributed by atoms with Crippen molar-refractivity contribution in [2.75, 3.05) is 0 Å². The van der Waals surface area contributed by atoms with E-state index in [2.05, 4.69) is 4.98 Å². The summed E-state index contributed by atoms with van der Waals surface area (Å²) in [5.41, 5.74) is 1.33. The van der Waals surface area contributed by atoms with Crippen molar-refractivity contribution in [3.63, 3.8) is 0 Å². The van der Waals surface area contributed by atoms with Gasteiger partial charge >= 0.3 is 0 Å². The highest BCUT2D eigenvalue weighted by Crippen LogP contribution is 2.08. The van der Waals surface area contributed by atoms with Crippen LogP contribution in [-0.4, -0.2) is 15.8 Å². The van der Waals surface area contributed by atoms with Crippen molar-refractivity contribution < 1.29 is 4.79 Å². The molecule has 0 radical (unpaired) electrons. The van der Waals surface area contributed by atoms with Crippen LogP contribution >= 0.6 is 0 Å². The Labute approximate surface area is 105 Å². The van der Waals surface area contributed by atoms with Crippen LogP contribution in [0.4, 0.5) is 0 Å². The van der Waals surface area contributed by atoms with Crippen LogP contribution in [0, 0.1) is 11.5 Å². The first kappa shape index (κ1) is 11.8. The predicted molar refractivity (Wildman–Crippen MR) is 66.2 cm³/mol. The summed E-state index contributed by atoms with van der Waals surface area (Å²) < 4.78 is 0. The van der Waals surface area contributed by atoms with Gasteiger partial charge in [-0.1, -0.05) is 24.3 Å². The van der Waals surface area contributed by atoms with Gasteiger partial charge in [-0.05, 0) is 23.8 Å². The molecule has 4 heteroatoms. The van der Waals surface area contributed by atoms with Crippen LogP contribution in [0.1, 0.15) is 15.9 Å². The molecule has 0 spiro atoms. The van der Waals surface area contributed by atoms with E-state index in [1.54, 1.807) is 42.7 Å². The lowest BCUT2D eigenvalue weighted by Gasteiger charge is -2.13. The fraction of sp³-hybridized carbons (Fsp3) is 0.0714. The minimum atomic E-state index is -0.304. The second kappa shape index (κ2) is 5.60.